The largest absolute Gasteiger partial charge is 0.478 e. The first kappa shape index (κ1) is 17.3. The Morgan fingerprint density at radius 3 is 1.90 bits per heavy atom. The van der Waals surface area contributed by atoms with Gasteiger partial charge < -0.3 is 10.4 Å². The lowest BCUT2D eigenvalue weighted by Gasteiger charge is -1.97. The maximum Gasteiger partial charge on any atom is 0.335 e. The van der Waals surface area contributed by atoms with Crippen molar-refractivity contribution in [2.24, 2.45) is 0 Å². The van der Waals surface area contributed by atoms with E-state index in [9.17, 15) is 9.59 Å². The number of amides is 1. The van der Waals surface area contributed by atoms with Crippen LogP contribution in [0.15, 0.2) is 45.9 Å². The lowest BCUT2D eigenvalue weighted by Crippen LogP contribution is -2.17. The highest BCUT2D eigenvalue weighted by Crippen LogP contribution is 2.07. The minimum Gasteiger partial charge on any atom is -0.478 e. The molecule has 21 heavy (non-hydrogen) atoms. The first-order valence-electron chi connectivity index (χ1n) is 5.62. The maximum atomic E-state index is 11.0. The van der Waals surface area contributed by atoms with Crippen molar-refractivity contribution in [3.05, 3.63) is 57.0 Å². The van der Waals surface area contributed by atoms with Crippen LogP contribution >= 0.6 is 31.9 Å². The lowest BCUT2D eigenvalue weighted by atomic mass is 10.2. The van der Waals surface area contributed by atoms with Crippen LogP contribution in [-0.4, -0.2) is 34.0 Å². The number of pyridine rings is 2. The summed E-state index contributed by atoms with van der Waals surface area (Å²) in [6, 6.07) is 6.21. The SMILES string of the molecule is CNC(=O)c1ccnc(Br)c1.O=C(O)c1ccnc(Br)c1. The van der Waals surface area contributed by atoms with E-state index in [-0.39, 0.29) is 11.5 Å². The average Bonchev–Trinajstić information content (AvgIpc) is 2.47. The van der Waals surface area contributed by atoms with Gasteiger partial charge in [-0.2, -0.15) is 0 Å². The van der Waals surface area contributed by atoms with Gasteiger partial charge in [0.2, 0.25) is 0 Å². The van der Waals surface area contributed by atoms with Crippen LogP contribution in [0.5, 0.6) is 0 Å². The van der Waals surface area contributed by atoms with Crippen LogP contribution in [0.4, 0.5) is 0 Å². The van der Waals surface area contributed by atoms with Gasteiger partial charge in [0.05, 0.1) is 5.56 Å². The van der Waals surface area contributed by atoms with Crippen molar-refractivity contribution < 1.29 is 14.7 Å². The lowest BCUT2D eigenvalue weighted by molar-refractivity contribution is 0.0696. The summed E-state index contributed by atoms with van der Waals surface area (Å²) >= 11 is 6.22. The number of hydrogen-bond donors (Lipinski definition) is 2. The zero-order valence-electron chi connectivity index (χ0n) is 10.9. The fraction of sp³-hybridized carbons (Fsp3) is 0.0769. The Bertz CT molecular complexity index is 650. The van der Waals surface area contributed by atoms with Crippen LogP contribution in [-0.2, 0) is 0 Å². The van der Waals surface area contributed by atoms with Gasteiger partial charge in [-0.15, -0.1) is 0 Å². The van der Waals surface area contributed by atoms with Crippen molar-refractivity contribution in [2.75, 3.05) is 7.05 Å². The topological polar surface area (TPSA) is 92.2 Å². The van der Waals surface area contributed by atoms with Gasteiger partial charge in [0.1, 0.15) is 9.21 Å². The van der Waals surface area contributed by atoms with E-state index in [1.807, 2.05) is 0 Å². The van der Waals surface area contributed by atoms with Crippen molar-refractivity contribution in [2.45, 2.75) is 0 Å². The van der Waals surface area contributed by atoms with E-state index < -0.39 is 5.97 Å². The molecule has 0 aliphatic rings. The molecule has 0 saturated carbocycles. The van der Waals surface area contributed by atoms with Gasteiger partial charge in [0, 0.05) is 25.0 Å². The third-order valence-electron chi connectivity index (χ3n) is 2.19. The normalized spacial score (nSPS) is 9.29. The summed E-state index contributed by atoms with van der Waals surface area (Å²) in [5, 5.41) is 11.0. The Balaban J connectivity index is 0.000000211. The predicted octanol–water partition coefficient (Wildman–Crippen LogP) is 2.75. The monoisotopic (exact) mass is 415 g/mol. The first-order chi connectivity index (χ1) is 9.93. The summed E-state index contributed by atoms with van der Waals surface area (Å²) in [4.78, 5) is 29.0. The molecule has 0 atom stereocenters. The van der Waals surface area contributed by atoms with Crippen molar-refractivity contribution in [3.63, 3.8) is 0 Å². The molecule has 1 amide bonds. The van der Waals surface area contributed by atoms with Gasteiger partial charge >= 0.3 is 5.97 Å². The van der Waals surface area contributed by atoms with Crippen molar-refractivity contribution in [1.29, 1.82) is 0 Å². The van der Waals surface area contributed by atoms with E-state index in [0.29, 0.717) is 14.8 Å². The van der Waals surface area contributed by atoms with Gasteiger partial charge in [-0.3, -0.25) is 4.79 Å². The molecule has 0 aliphatic heterocycles. The number of carbonyl (C=O) groups excluding carboxylic acids is 1. The number of nitrogens with one attached hydrogen (secondary N) is 1. The summed E-state index contributed by atoms with van der Waals surface area (Å²) in [6.45, 7) is 0. The third-order valence-corrected chi connectivity index (χ3v) is 3.06. The second-order valence-corrected chi connectivity index (χ2v) is 5.24. The summed E-state index contributed by atoms with van der Waals surface area (Å²) in [5.41, 5.74) is 0.844. The van der Waals surface area contributed by atoms with Crippen LogP contribution in [0.2, 0.25) is 0 Å². The molecule has 110 valence electrons. The summed E-state index contributed by atoms with van der Waals surface area (Å²) in [6.07, 6.45) is 3.02. The molecule has 6 nitrogen and oxygen atoms in total. The molecule has 0 aliphatic carbocycles. The molecule has 0 fully saturated rings. The fourth-order valence-corrected chi connectivity index (χ4v) is 1.95. The van der Waals surface area contributed by atoms with Crippen LogP contribution in [0.1, 0.15) is 20.7 Å². The maximum absolute atomic E-state index is 11.0. The van der Waals surface area contributed by atoms with Crippen LogP contribution in [0, 0.1) is 0 Å². The number of aromatic nitrogens is 2. The van der Waals surface area contributed by atoms with Crippen molar-refractivity contribution in [3.8, 4) is 0 Å². The van der Waals surface area contributed by atoms with Gasteiger partial charge in [-0.25, -0.2) is 14.8 Å². The Hall–Kier alpha value is -1.80. The van der Waals surface area contributed by atoms with Crippen LogP contribution in [0.25, 0.3) is 0 Å². The van der Waals surface area contributed by atoms with Crippen LogP contribution in [0.3, 0.4) is 0 Å². The Kier molecular flexibility index (Phi) is 6.97. The number of carbonyl (C=O) groups is 2. The highest BCUT2D eigenvalue weighted by atomic mass is 79.9. The van der Waals surface area contributed by atoms with E-state index in [0.717, 1.165) is 0 Å². The Labute approximate surface area is 137 Å². The van der Waals surface area contributed by atoms with E-state index in [2.05, 4.69) is 47.1 Å². The number of carboxylic acid groups (broad SMARTS) is 1. The molecule has 0 unspecified atom stereocenters. The molecule has 2 N–H and O–H groups in total. The molecule has 8 heteroatoms. The standard InChI is InChI=1S/C7H7BrN2O.C6H4BrNO2/c1-9-7(11)5-2-3-10-6(8)4-5;7-5-3-4(6(9)10)1-2-8-5/h2-4H,1H3,(H,9,11);1-3H,(H,9,10). The highest BCUT2D eigenvalue weighted by Gasteiger charge is 2.02. The number of rotatable bonds is 2. The summed E-state index contributed by atoms with van der Waals surface area (Å²) in [7, 11) is 1.59. The minimum atomic E-state index is -0.942. The average molecular weight is 417 g/mol. The molecule has 0 bridgehead atoms. The Morgan fingerprint density at radius 2 is 1.52 bits per heavy atom. The minimum absolute atomic E-state index is 0.104. The highest BCUT2D eigenvalue weighted by molar-refractivity contribution is 9.10. The quantitative estimate of drug-likeness (QED) is 0.734. The number of carboxylic acids is 1. The summed E-state index contributed by atoms with van der Waals surface area (Å²) in [5.74, 6) is -1.05. The first-order valence-corrected chi connectivity index (χ1v) is 7.21. The van der Waals surface area contributed by atoms with E-state index in [4.69, 9.17) is 5.11 Å². The molecule has 0 spiro atoms. The van der Waals surface area contributed by atoms with Gasteiger partial charge in [-0.05, 0) is 56.1 Å². The zero-order chi connectivity index (χ0) is 15.8. The molecule has 2 aromatic rings. The number of halogens is 2. The predicted molar refractivity (Wildman–Crippen MR) is 84.2 cm³/mol. The summed E-state index contributed by atoms with van der Waals surface area (Å²) < 4.78 is 1.20. The van der Waals surface area contributed by atoms with E-state index in [1.165, 1.54) is 18.3 Å². The molecular formula is C13H11Br2N3O3. The van der Waals surface area contributed by atoms with Gasteiger partial charge in [0.15, 0.2) is 0 Å². The van der Waals surface area contributed by atoms with Gasteiger partial charge in [0.25, 0.3) is 5.91 Å². The second kappa shape index (κ2) is 8.48. The van der Waals surface area contributed by atoms with E-state index >= 15 is 0 Å². The second-order valence-electron chi connectivity index (χ2n) is 3.62. The van der Waals surface area contributed by atoms with Crippen molar-refractivity contribution >= 4 is 43.7 Å². The van der Waals surface area contributed by atoms with Crippen molar-refractivity contribution in [1.82, 2.24) is 15.3 Å². The third kappa shape index (κ3) is 6.01. The molecule has 2 rings (SSSR count). The number of aromatic carboxylic acids is 1. The molecule has 0 radical (unpaired) electrons. The number of nitrogens with zero attached hydrogens (tertiary/aromatic N) is 2. The van der Waals surface area contributed by atoms with Crippen LogP contribution < -0.4 is 5.32 Å². The van der Waals surface area contributed by atoms with Gasteiger partial charge in [-0.1, -0.05) is 0 Å². The zero-order valence-corrected chi connectivity index (χ0v) is 14.1. The Morgan fingerprint density at radius 1 is 1.05 bits per heavy atom. The smallest absolute Gasteiger partial charge is 0.335 e. The molecular weight excluding hydrogens is 406 g/mol. The molecule has 0 saturated heterocycles. The number of hydrogen-bond acceptors (Lipinski definition) is 4. The fourth-order valence-electron chi connectivity index (χ4n) is 1.22. The van der Waals surface area contributed by atoms with E-state index in [1.54, 1.807) is 25.4 Å². The molecule has 2 aromatic heterocycles. The molecule has 0 aromatic carbocycles. The molecule has 2 heterocycles.